The molecule has 0 spiro atoms. The molecule has 1 unspecified atom stereocenters. The SMILES string of the molecule is CCC(C)c1ccc(OCCOc2c(COC)cc(C(C)(C)c3cc(COC)c(O)c(COC)c3)cc2COC)cc1. The van der Waals surface area contributed by atoms with Crippen LogP contribution in [0.2, 0.25) is 0 Å². The van der Waals surface area contributed by atoms with E-state index in [-0.39, 0.29) is 5.75 Å². The molecular weight excluding hydrogens is 532 g/mol. The van der Waals surface area contributed by atoms with Gasteiger partial charge in [0.15, 0.2) is 0 Å². The summed E-state index contributed by atoms with van der Waals surface area (Å²) in [7, 11) is 6.60. The summed E-state index contributed by atoms with van der Waals surface area (Å²) in [4.78, 5) is 0. The third kappa shape index (κ3) is 8.26. The Morgan fingerprint density at radius 3 is 1.55 bits per heavy atom. The van der Waals surface area contributed by atoms with Crippen LogP contribution in [0.4, 0.5) is 0 Å². The van der Waals surface area contributed by atoms with Crippen LogP contribution in [0, 0.1) is 0 Å². The monoisotopic (exact) mass is 580 g/mol. The maximum Gasteiger partial charge on any atom is 0.130 e. The lowest BCUT2D eigenvalue weighted by atomic mass is 9.76. The fourth-order valence-electron chi connectivity index (χ4n) is 5.08. The van der Waals surface area contributed by atoms with Gasteiger partial charge < -0.3 is 33.5 Å². The molecule has 0 aliphatic carbocycles. The average molecular weight is 581 g/mol. The van der Waals surface area contributed by atoms with Crippen LogP contribution in [0.25, 0.3) is 0 Å². The predicted octanol–water partition coefficient (Wildman–Crippen LogP) is 7.28. The van der Waals surface area contributed by atoms with Crippen molar-refractivity contribution in [1.82, 2.24) is 0 Å². The van der Waals surface area contributed by atoms with Gasteiger partial charge in [0.2, 0.25) is 0 Å². The van der Waals surface area contributed by atoms with Crippen molar-refractivity contribution in [3.63, 3.8) is 0 Å². The minimum absolute atomic E-state index is 0.204. The smallest absolute Gasteiger partial charge is 0.130 e. The Morgan fingerprint density at radius 2 is 1.10 bits per heavy atom. The van der Waals surface area contributed by atoms with Gasteiger partial charge in [0, 0.05) is 56.1 Å². The zero-order chi connectivity index (χ0) is 30.7. The first-order valence-electron chi connectivity index (χ1n) is 14.5. The molecule has 0 fully saturated rings. The summed E-state index contributed by atoms with van der Waals surface area (Å²) in [6.45, 7) is 10.9. The normalized spacial score (nSPS) is 12.4. The predicted molar refractivity (Wildman–Crippen MR) is 166 cm³/mol. The number of hydrogen-bond acceptors (Lipinski definition) is 7. The molecule has 0 aliphatic rings. The van der Waals surface area contributed by atoms with Gasteiger partial charge in [-0.3, -0.25) is 0 Å². The molecule has 1 N–H and O–H groups in total. The molecule has 0 amide bonds. The Bertz CT molecular complexity index is 1210. The maximum atomic E-state index is 10.8. The molecule has 0 aromatic heterocycles. The Labute approximate surface area is 251 Å². The minimum atomic E-state index is -0.424. The fraction of sp³-hybridized carbons (Fsp3) is 0.486. The molecule has 0 bridgehead atoms. The fourth-order valence-corrected chi connectivity index (χ4v) is 5.08. The molecule has 3 rings (SSSR count). The van der Waals surface area contributed by atoms with E-state index in [9.17, 15) is 5.11 Å². The van der Waals surface area contributed by atoms with Gasteiger partial charge >= 0.3 is 0 Å². The van der Waals surface area contributed by atoms with Crippen LogP contribution in [0.15, 0.2) is 48.5 Å². The van der Waals surface area contributed by atoms with E-state index < -0.39 is 5.41 Å². The molecule has 0 heterocycles. The summed E-state index contributed by atoms with van der Waals surface area (Å²) in [5, 5.41) is 10.8. The van der Waals surface area contributed by atoms with E-state index in [1.165, 1.54) is 5.56 Å². The van der Waals surface area contributed by atoms with E-state index in [1.807, 2.05) is 24.3 Å². The summed E-state index contributed by atoms with van der Waals surface area (Å²) in [5.74, 6) is 2.31. The van der Waals surface area contributed by atoms with Crippen LogP contribution in [0.5, 0.6) is 17.2 Å². The van der Waals surface area contributed by atoms with Gasteiger partial charge in [-0.05, 0) is 65.4 Å². The van der Waals surface area contributed by atoms with E-state index in [4.69, 9.17) is 28.4 Å². The van der Waals surface area contributed by atoms with Crippen molar-refractivity contribution >= 4 is 0 Å². The van der Waals surface area contributed by atoms with Gasteiger partial charge in [-0.25, -0.2) is 0 Å². The van der Waals surface area contributed by atoms with Crippen molar-refractivity contribution in [2.75, 3.05) is 41.7 Å². The highest BCUT2D eigenvalue weighted by molar-refractivity contribution is 5.52. The van der Waals surface area contributed by atoms with Crippen LogP contribution in [-0.4, -0.2) is 46.8 Å². The first-order valence-corrected chi connectivity index (χ1v) is 14.5. The molecular formula is C35H48O7. The second-order valence-electron chi connectivity index (χ2n) is 11.2. The molecule has 230 valence electrons. The van der Waals surface area contributed by atoms with Crippen LogP contribution < -0.4 is 9.47 Å². The van der Waals surface area contributed by atoms with Crippen LogP contribution in [-0.2, 0) is 50.8 Å². The molecule has 7 heteroatoms. The lowest BCUT2D eigenvalue weighted by Crippen LogP contribution is -2.21. The van der Waals surface area contributed by atoms with Crippen LogP contribution >= 0.6 is 0 Å². The third-order valence-electron chi connectivity index (χ3n) is 7.81. The third-order valence-corrected chi connectivity index (χ3v) is 7.81. The highest BCUT2D eigenvalue weighted by atomic mass is 16.5. The van der Waals surface area contributed by atoms with Crippen molar-refractivity contribution < 1.29 is 33.5 Å². The number of methoxy groups -OCH3 is 4. The molecule has 7 nitrogen and oxygen atoms in total. The molecule has 3 aromatic carbocycles. The van der Waals surface area contributed by atoms with E-state index in [0.717, 1.165) is 51.3 Å². The van der Waals surface area contributed by atoms with E-state index in [1.54, 1.807) is 28.4 Å². The first-order chi connectivity index (χ1) is 20.2. The summed E-state index contributed by atoms with van der Waals surface area (Å²) in [5.41, 5.74) is 6.30. The second-order valence-corrected chi connectivity index (χ2v) is 11.2. The van der Waals surface area contributed by atoms with Gasteiger partial charge in [-0.1, -0.05) is 39.8 Å². The summed E-state index contributed by atoms with van der Waals surface area (Å²) >= 11 is 0. The first kappa shape index (κ1) is 33.4. The quantitative estimate of drug-likeness (QED) is 0.168. The number of phenolic OH excluding ortho intramolecular Hbond substituents is 1. The molecule has 0 saturated heterocycles. The molecule has 3 aromatic rings. The van der Waals surface area contributed by atoms with Crippen molar-refractivity contribution in [3.8, 4) is 17.2 Å². The van der Waals surface area contributed by atoms with Gasteiger partial charge in [0.25, 0.3) is 0 Å². The second kappa shape index (κ2) is 15.9. The number of aromatic hydroxyl groups is 1. The summed E-state index contributed by atoms with van der Waals surface area (Å²) in [6.07, 6.45) is 1.11. The molecule has 0 radical (unpaired) electrons. The lowest BCUT2D eigenvalue weighted by Gasteiger charge is -2.30. The number of benzene rings is 3. The van der Waals surface area contributed by atoms with E-state index in [0.29, 0.717) is 45.6 Å². The Kier molecular flexibility index (Phi) is 12.7. The average Bonchev–Trinajstić information content (AvgIpc) is 2.98. The maximum absolute atomic E-state index is 10.8. The van der Waals surface area contributed by atoms with Gasteiger partial charge in [0.05, 0.1) is 26.4 Å². The molecule has 42 heavy (non-hydrogen) atoms. The topological polar surface area (TPSA) is 75.6 Å². The largest absolute Gasteiger partial charge is 0.507 e. The van der Waals surface area contributed by atoms with E-state index >= 15 is 0 Å². The zero-order valence-corrected chi connectivity index (χ0v) is 26.5. The molecule has 0 aliphatic heterocycles. The lowest BCUT2D eigenvalue weighted by molar-refractivity contribution is 0.163. The number of ether oxygens (including phenoxy) is 6. The highest BCUT2D eigenvalue weighted by Crippen LogP contribution is 2.39. The number of hydrogen-bond donors (Lipinski definition) is 1. The summed E-state index contributed by atoms with van der Waals surface area (Å²) in [6, 6.07) is 16.6. The Morgan fingerprint density at radius 1 is 0.667 bits per heavy atom. The van der Waals surface area contributed by atoms with Crippen molar-refractivity contribution in [1.29, 1.82) is 0 Å². The van der Waals surface area contributed by atoms with Crippen molar-refractivity contribution in [2.24, 2.45) is 0 Å². The van der Waals surface area contributed by atoms with Gasteiger partial charge in [-0.2, -0.15) is 0 Å². The Hall–Kier alpha value is -3.10. The Balaban J connectivity index is 1.89. The van der Waals surface area contributed by atoms with Crippen LogP contribution in [0.3, 0.4) is 0 Å². The number of phenols is 1. The molecule has 0 saturated carbocycles. The highest BCUT2D eigenvalue weighted by Gasteiger charge is 2.28. The van der Waals surface area contributed by atoms with E-state index in [2.05, 4.69) is 52.0 Å². The number of rotatable bonds is 17. The van der Waals surface area contributed by atoms with Gasteiger partial charge in [-0.15, -0.1) is 0 Å². The zero-order valence-electron chi connectivity index (χ0n) is 26.5. The van der Waals surface area contributed by atoms with Crippen molar-refractivity contribution in [2.45, 2.75) is 71.9 Å². The van der Waals surface area contributed by atoms with Crippen molar-refractivity contribution in [3.05, 3.63) is 87.5 Å². The molecule has 1 atom stereocenters. The van der Waals surface area contributed by atoms with Gasteiger partial charge in [0.1, 0.15) is 30.5 Å². The minimum Gasteiger partial charge on any atom is -0.507 e. The van der Waals surface area contributed by atoms with Crippen LogP contribution in [0.1, 0.15) is 79.0 Å². The summed E-state index contributed by atoms with van der Waals surface area (Å²) < 4.78 is 34.2. The standard InChI is InChI=1S/C35H48O7/c1-9-24(2)25-10-12-32(13-11-25)41-14-15-42-34-28(22-39-7)18-31(19-29(34)23-40-8)35(3,4)30-16-26(20-37-5)33(36)27(17-30)21-38-6/h10-13,16-19,24,36H,9,14-15,20-23H2,1-8H3.